The Hall–Kier alpha value is -0.980. The van der Waals surface area contributed by atoms with Gasteiger partial charge in [0, 0.05) is 35.2 Å². The quantitative estimate of drug-likeness (QED) is 0.571. The number of hydrogen-bond donors (Lipinski definition) is 1. The SMILES string of the molecule is CC(C)CC(CN(C)C)NCc1cc(Br)ccc1[N+](=O)[O-]. The molecule has 0 aromatic heterocycles. The van der Waals surface area contributed by atoms with Crippen LogP contribution in [0.1, 0.15) is 25.8 Å². The van der Waals surface area contributed by atoms with E-state index in [2.05, 4.69) is 40.0 Å². The Morgan fingerprint density at radius 3 is 2.57 bits per heavy atom. The molecule has 6 heteroatoms. The number of rotatable bonds is 8. The van der Waals surface area contributed by atoms with Crippen molar-refractivity contribution in [3.63, 3.8) is 0 Å². The number of halogens is 1. The molecule has 0 heterocycles. The van der Waals surface area contributed by atoms with E-state index in [4.69, 9.17) is 0 Å². The minimum atomic E-state index is -0.327. The molecule has 118 valence electrons. The van der Waals surface area contributed by atoms with Crippen LogP contribution in [0.25, 0.3) is 0 Å². The van der Waals surface area contributed by atoms with Crippen LogP contribution in [0.2, 0.25) is 0 Å². The van der Waals surface area contributed by atoms with Crippen molar-refractivity contribution in [1.82, 2.24) is 10.2 Å². The summed E-state index contributed by atoms with van der Waals surface area (Å²) in [5.41, 5.74) is 0.876. The molecule has 5 nitrogen and oxygen atoms in total. The van der Waals surface area contributed by atoms with E-state index in [0.29, 0.717) is 24.1 Å². The first-order valence-electron chi connectivity index (χ1n) is 7.10. The molecule has 1 unspecified atom stereocenters. The number of hydrogen-bond acceptors (Lipinski definition) is 4. The molecule has 0 aliphatic heterocycles. The van der Waals surface area contributed by atoms with Crippen molar-refractivity contribution in [2.75, 3.05) is 20.6 Å². The van der Waals surface area contributed by atoms with E-state index in [1.54, 1.807) is 12.1 Å². The summed E-state index contributed by atoms with van der Waals surface area (Å²) in [5, 5.41) is 14.5. The average Bonchev–Trinajstić information content (AvgIpc) is 2.34. The van der Waals surface area contributed by atoms with Crippen LogP contribution in [0, 0.1) is 16.0 Å². The second-order valence-corrected chi connectivity index (χ2v) is 6.92. The number of nitro groups is 1. The molecule has 0 amide bonds. The first kappa shape index (κ1) is 18.1. The van der Waals surface area contributed by atoms with Crippen molar-refractivity contribution >= 4 is 21.6 Å². The van der Waals surface area contributed by atoms with Gasteiger partial charge in [-0.3, -0.25) is 10.1 Å². The summed E-state index contributed by atoms with van der Waals surface area (Å²) in [5.74, 6) is 0.583. The summed E-state index contributed by atoms with van der Waals surface area (Å²) in [6.07, 6.45) is 1.04. The van der Waals surface area contributed by atoms with Gasteiger partial charge in [0.2, 0.25) is 0 Å². The fraction of sp³-hybridized carbons (Fsp3) is 0.600. The Balaban J connectivity index is 2.79. The van der Waals surface area contributed by atoms with Crippen molar-refractivity contribution in [3.8, 4) is 0 Å². The van der Waals surface area contributed by atoms with Gasteiger partial charge in [0.05, 0.1) is 4.92 Å². The van der Waals surface area contributed by atoms with Crippen LogP contribution >= 0.6 is 15.9 Å². The van der Waals surface area contributed by atoms with E-state index in [-0.39, 0.29) is 10.6 Å². The zero-order valence-electron chi connectivity index (χ0n) is 13.1. The highest BCUT2D eigenvalue weighted by Crippen LogP contribution is 2.23. The summed E-state index contributed by atoms with van der Waals surface area (Å²) in [6.45, 7) is 5.79. The molecule has 0 saturated carbocycles. The van der Waals surface area contributed by atoms with Gasteiger partial charge in [-0.25, -0.2) is 0 Å². The third-order valence-corrected chi connectivity index (χ3v) is 3.65. The highest BCUT2D eigenvalue weighted by molar-refractivity contribution is 9.10. The Morgan fingerprint density at radius 1 is 1.38 bits per heavy atom. The number of nitro benzene ring substituents is 1. The first-order valence-corrected chi connectivity index (χ1v) is 7.89. The maximum atomic E-state index is 11.1. The molecule has 0 spiro atoms. The molecule has 0 fully saturated rings. The van der Waals surface area contributed by atoms with E-state index in [1.807, 2.05) is 20.2 Å². The Morgan fingerprint density at radius 2 is 2.05 bits per heavy atom. The zero-order valence-corrected chi connectivity index (χ0v) is 14.7. The Kier molecular flexibility index (Phi) is 7.28. The molecule has 1 rings (SSSR count). The summed E-state index contributed by atoms with van der Waals surface area (Å²) in [6, 6.07) is 5.38. The maximum absolute atomic E-state index is 11.1. The highest BCUT2D eigenvalue weighted by Gasteiger charge is 2.16. The predicted molar refractivity (Wildman–Crippen MR) is 89.4 cm³/mol. The lowest BCUT2D eigenvalue weighted by Gasteiger charge is -2.24. The van der Waals surface area contributed by atoms with Gasteiger partial charge in [-0.15, -0.1) is 0 Å². The molecule has 21 heavy (non-hydrogen) atoms. The van der Waals surface area contributed by atoms with E-state index in [1.165, 1.54) is 0 Å². The van der Waals surface area contributed by atoms with Crippen LogP contribution in [-0.4, -0.2) is 36.5 Å². The minimum Gasteiger partial charge on any atom is -0.308 e. The average molecular weight is 358 g/mol. The van der Waals surface area contributed by atoms with Gasteiger partial charge < -0.3 is 10.2 Å². The molecule has 0 radical (unpaired) electrons. The second kappa shape index (κ2) is 8.46. The van der Waals surface area contributed by atoms with Gasteiger partial charge in [0.25, 0.3) is 5.69 Å². The third-order valence-electron chi connectivity index (χ3n) is 3.16. The van der Waals surface area contributed by atoms with E-state index in [9.17, 15) is 10.1 Å². The molecule has 1 atom stereocenters. The van der Waals surface area contributed by atoms with Crippen molar-refractivity contribution < 1.29 is 4.92 Å². The van der Waals surface area contributed by atoms with E-state index >= 15 is 0 Å². The standard InChI is InChI=1S/C15H24BrN3O2/c1-11(2)7-14(10-18(3)4)17-9-12-8-13(16)5-6-15(12)19(20)21/h5-6,8,11,14,17H,7,9-10H2,1-4H3. The lowest BCUT2D eigenvalue weighted by atomic mass is 10.0. The number of benzene rings is 1. The van der Waals surface area contributed by atoms with Crippen LogP contribution in [0.5, 0.6) is 0 Å². The minimum absolute atomic E-state index is 0.166. The molecule has 0 saturated heterocycles. The zero-order chi connectivity index (χ0) is 16.0. The van der Waals surface area contributed by atoms with Crippen molar-refractivity contribution in [2.24, 2.45) is 5.92 Å². The second-order valence-electron chi connectivity index (χ2n) is 6.00. The normalized spacial score (nSPS) is 12.9. The smallest absolute Gasteiger partial charge is 0.273 e. The molecule has 1 aromatic rings. The Bertz CT molecular complexity index is 468. The monoisotopic (exact) mass is 357 g/mol. The largest absolute Gasteiger partial charge is 0.308 e. The lowest BCUT2D eigenvalue weighted by molar-refractivity contribution is -0.385. The molecule has 1 aromatic carbocycles. The highest BCUT2D eigenvalue weighted by atomic mass is 79.9. The summed E-state index contributed by atoms with van der Waals surface area (Å²) >= 11 is 3.37. The lowest BCUT2D eigenvalue weighted by Crippen LogP contribution is -2.38. The maximum Gasteiger partial charge on any atom is 0.273 e. The Labute approximate surface area is 135 Å². The molecule has 0 bridgehead atoms. The van der Waals surface area contributed by atoms with Crippen molar-refractivity contribution in [2.45, 2.75) is 32.9 Å². The topological polar surface area (TPSA) is 58.4 Å². The summed E-state index contributed by atoms with van der Waals surface area (Å²) in [4.78, 5) is 12.9. The van der Waals surface area contributed by atoms with Gasteiger partial charge in [-0.1, -0.05) is 29.8 Å². The van der Waals surface area contributed by atoms with E-state index < -0.39 is 0 Å². The van der Waals surface area contributed by atoms with Crippen LogP contribution in [0.15, 0.2) is 22.7 Å². The number of nitrogens with one attached hydrogen (secondary N) is 1. The molecule has 0 aliphatic carbocycles. The summed E-state index contributed by atoms with van der Waals surface area (Å²) < 4.78 is 0.859. The van der Waals surface area contributed by atoms with Crippen LogP contribution in [0.3, 0.4) is 0 Å². The van der Waals surface area contributed by atoms with Crippen molar-refractivity contribution in [3.05, 3.63) is 38.3 Å². The number of nitrogens with zero attached hydrogens (tertiary/aromatic N) is 2. The van der Waals surface area contributed by atoms with Crippen LogP contribution in [0.4, 0.5) is 5.69 Å². The van der Waals surface area contributed by atoms with Gasteiger partial charge in [-0.2, -0.15) is 0 Å². The molecular formula is C15H24BrN3O2. The van der Waals surface area contributed by atoms with E-state index in [0.717, 1.165) is 17.4 Å². The molecular weight excluding hydrogens is 334 g/mol. The van der Waals surface area contributed by atoms with Crippen LogP contribution in [-0.2, 0) is 6.54 Å². The van der Waals surface area contributed by atoms with Gasteiger partial charge in [-0.05, 0) is 38.6 Å². The van der Waals surface area contributed by atoms with Crippen molar-refractivity contribution in [1.29, 1.82) is 0 Å². The fourth-order valence-electron chi connectivity index (χ4n) is 2.36. The summed E-state index contributed by atoms with van der Waals surface area (Å²) in [7, 11) is 4.08. The molecule has 0 aliphatic rings. The third kappa shape index (κ3) is 6.54. The first-order chi connectivity index (χ1) is 9.79. The fourth-order valence-corrected chi connectivity index (χ4v) is 2.77. The van der Waals surface area contributed by atoms with Gasteiger partial charge >= 0.3 is 0 Å². The van der Waals surface area contributed by atoms with Crippen LogP contribution < -0.4 is 5.32 Å². The molecule has 1 N–H and O–H groups in total. The number of likely N-dealkylation sites (N-methyl/N-ethyl adjacent to an activating group) is 1. The van der Waals surface area contributed by atoms with Gasteiger partial charge in [0.15, 0.2) is 0 Å². The predicted octanol–water partition coefficient (Wildman–Crippen LogP) is 3.42. The van der Waals surface area contributed by atoms with Gasteiger partial charge in [0.1, 0.15) is 0 Å².